The highest BCUT2D eigenvalue weighted by molar-refractivity contribution is 5.86. The fourth-order valence-corrected chi connectivity index (χ4v) is 2.37. The molecule has 0 saturated carbocycles. The van der Waals surface area contributed by atoms with Crippen molar-refractivity contribution in [3.63, 3.8) is 0 Å². The maximum atomic E-state index is 6.33. The van der Waals surface area contributed by atoms with Gasteiger partial charge in [0.2, 0.25) is 0 Å². The summed E-state index contributed by atoms with van der Waals surface area (Å²) in [5.41, 5.74) is 8.53. The van der Waals surface area contributed by atoms with Crippen LogP contribution in [0.4, 0.5) is 0 Å². The number of rotatable bonds is 2. The second-order valence-electron chi connectivity index (χ2n) is 4.51. The Labute approximate surface area is 106 Å². The van der Waals surface area contributed by atoms with Crippen molar-refractivity contribution in [2.75, 3.05) is 0 Å². The lowest BCUT2D eigenvalue weighted by Gasteiger charge is -2.13. The van der Waals surface area contributed by atoms with Gasteiger partial charge in [0.05, 0.1) is 12.3 Å². The van der Waals surface area contributed by atoms with Crippen LogP contribution in [-0.2, 0) is 0 Å². The molecule has 1 atom stereocenters. The lowest BCUT2D eigenvalue weighted by atomic mass is 9.96. The standard InChI is InChI=1S/C16H15NO/c1-11-9-10-18-16(11)15(17)14-8-4-6-12-5-2-3-7-13(12)14/h2-10,15H,17H2,1H3. The van der Waals surface area contributed by atoms with E-state index in [0.29, 0.717) is 0 Å². The minimum absolute atomic E-state index is 0.217. The zero-order valence-electron chi connectivity index (χ0n) is 10.3. The van der Waals surface area contributed by atoms with E-state index >= 15 is 0 Å². The summed E-state index contributed by atoms with van der Waals surface area (Å²) in [5.74, 6) is 0.839. The predicted octanol–water partition coefficient (Wildman–Crippen LogP) is 3.79. The van der Waals surface area contributed by atoms with Gasteiger partial charge in [0, 0.05) is 0 Å². The van der Waals surface area contributed by atoms with Gasteiger partial charge in [-0.25, -0.2) is 0 Å². The largest absolute Gasteiger partial charge is 0.467 e. The van der Waals surface area contributed by atoms with Gasteiger partial charge in [-0.3, -0.25) is 0 Å². The highest BCUT2D eigenvalue weighted by atomic mass is 16.3. The Bertz CT molecular complexity index is 679. The molecule has 3 aromatic rings. The predicted molar refractivity (Wildman–Crippen MR) is 73.4 cm³/mol. The first-order valence-electron chi connectivity index (χ1n) is 6.04. The van der Waals surface area contributed by atoms with Crippen LogP contribution >= 0.6 is 0 Å². The Morgan fingerprint density at radius 1 is 1.00 bits per heavy atom. The number of furan rings is 1. The van der Waals surface area contributed by atoms with Crippen LogP contribution in [0.5, 0.6) is 0 Å². The third-order valence-corrected chi connectivity index (χ3v) is 3.34. The lowest BCUT2D eigenvalue weighted by Crippen LogP contribution is -2.12. The molecule has 3 rings (SSSR count). The second kappa shape index (κ2) is 4.31. The van der Waals surface area contributed by atoms with E-state index in [-0.39, 0.29) is 6.04 Å². The molecule has 1 heterocycles. The molecule has 2 aromatic carbocycles. The maximum absolute atomic E-state index is 6.33. The highest BCUT2D eigenvalue weighted by Crippen LogP contribution is 2.29. The van der Waals surface area contributed by atoms with Gasteiger partial charge in [-0.1, -0.05) is 42.5 Å². The van der Waals surface area contributed by atoms with Crippen molar-refractivity contribution in [1.82, 2.24) is 0 Å². The molecule has 2 N–H and O–H groups in total. The highest BCUT2D eigenvalue weighted by Gasteiger charge is 2.16. The second-order valence-corrected chi connectivity index (χ2v) is 4.51. The third-order valence-electron chi connectivity index (χ3n) is 3.34. The Morgan fingerprint density at radius 2 is 1.78 bits per heavy atom. The molecule has 0 radical (unpaired) electrons. The van der Waals surface area contributed by atoms with Gasteiger partial charge < -0.3 is 10.2 Å². The molecule has 0 aliphatic rings. The molecule has 0 saturated heterocycles. The van der Waals surface area contributed by atoms with E-state index in [1.807, 2.05) is 31.2 Å². The van der Waals surface area contributed by atoms with Crippen LogP contribution < -0.4 is 5.73 Å². The molecule has 90 valence electrons. The summed E-state index contributed by atoms with van der Waals surface area (Å²) >= 11 is 0. The van der Waals surface area contributed by atoms with Crippen LogP contribution in [0.1, 0.15) is 22.9 Å². The molecule has 0 spiro atoms. The van der Waals surface area contributed by atoms with Crippen LogP contribution in [-0.4, -0.2) is 0 Å². The molecule has 0 fully saturated rings. The molecule has 1 unspecified atom stereocenters. The minimum atomic E-state index is -0.217. The monoisotopic (exact) mass is 237 g/mol. The average Bonchev–Trinajstić information content (AvgIpc) is 2.83. The summed E-state index contributed by atoms with van der Waals surface area (Å²) in [4.78, 5) is 0. The van der Waals surface area contributed by atoms with Crippen molar-refractivity contribution in [3.05, 3.63) is 71.7 Å². The van der Waals surface area contributed by atoms with E-state index in [2.05, 4.69) is 24.3 Å². The average molecular weight is 237 g/mol. The van der Waals surface area contributed by atoms with Crippen molar-refractivity contribution < 1.29 is 4.42 Å². The molecule has 2 heteroatoms. The molecule has 1 aromatic heterocycles. The lowest BCUT2D eigenvalue weighted by molar-refractivity contribution is 0.488. The SMILES string of the molecule is Cc1ccoc1C(N)c1cccc2ccccc12. The van der Waals surface area contributed by atoms with E-state index in [1.165, 1.54) is 10.8 Å². The van der Waals surface area contributed by atoms with Crippen molar-refractivity contribution in [2.24, 2.45) is 5.73 Å². The van der Waals surface area contributed by atoms with E-state index in [9.17, 15) is 0 Å². The van der Waals surface area contributed by atoms with E-state index in [1.54, 1.807) is 6.26 Å². The summed E-state index contributed by atoms with van der Waals surface area (Å²) in [5, 5.41) is 2.39. The molecule has 0 aliphatic heterocycles. The van der Waals surface area contributed by atoms with E-state index in [0.717, 1.165) is 16.9 Å². The Balaban J connectivity index is 2.18. The summed E-state index contributed by atoms with van der Waals surface area (Å²) < 4.78 is 5.50. The maximum Gasteiger partial charge on any atom is 0.127 e. The van der Waals surface area contributed by atoms with Gasteiger partial charge in [0.15, 0.2) is 0 Å². The molecule has 0 amide bonds. The zero-order valence-corrected chi connectivity index (χ0v) is 10.3. The van der Waals surface area contributed by atoms with Gasteiger partial charge in [0.25, 0.3) is 0 Å². The van der Waals surface area contributed by atoms with Crippen LogP contribution in [0.3, 0.4) is 0 Å². The first-order valence-corrected chi connectivity index (χ1v) is 6.04. The van der Waals surface area contributed by atoms with Gasteiger partial charge in [-0.15, -0.1) is 0 Å². The number of aryl methyl sites for hydroxylation is 1. The van der Waals surface area contributed by atoms with Gasteiger partial charge in [-0.2, -0.15) is 0 Å². The normalized spacial score (nSPS) is 12.8. The fraction of sp³-hybridized carbons (Fsp3) is 0.125. The van der Waals surface area contributed by atoms with Gasteiger partial charge in [-0.05, 0) is 34.9 Å². The summed E-state index contributed by atoms with van der Waals surface area (Å²) in [6.45, 7) is 2.02. The zero-order chi connectivity index (χ0) is 12.5. The number of fused-ring (bicyclic) bond motifs is 1. The Morgan fingerprint density at radius 3 is 2.56 bits per heavy atom. The van der Waals surface area contributed by atoms with Crippen LogP contribution in [0, 0.1) is 6.92 Å². The van der Waals surface area contributed by atoms with Crippen LogP contribution in [0.15, 0.2) is 59.2 Å². The number of hydrogen-bond acceptors (Lipinski definition) is 2. The van der Waals surface area contributed by atoms with Crippen molar-refractivity contribution in [1.29, 1.82) is 0 Å². The minimum Gasteiger partial charge on any atom is -0.467 e. The Hall–Kier alpha value is -2.06. The number of hydrogen-bond donors (Lipinski definition) is 1. The fourth-order valence-electron chi connectivity index (χ4n) is 2.37. The topological polar surface area (TPSA) is 39.2 Å². The molecule has 0 bridgehead atoms. The first kappa shape index (κ1) is 11.1. The van der Waals surface area contributed by atoms with Crippen LogP contribution in [0.2, 0.25) is 0 Å². The van der Waals surface area contributed by atoms with Gasteiger partial charge in [0.1, 0.15) is 5.76 Å². The number of benzene rings is 2. The third kappa shape index (κ3) is 1.71. The van der Waals surface area contributed by atoms with E-state index in [4.69, 9.17) is 10.2 Å². The van der Waals surface area contributed by atoms with Crippen molar-refractivity contribution in [3.8, 4) is 0 Å². The van der Waals surface area contributed by atoms with Crippen molar-refractivity contribution >= 4 is 10.8 Å². The molecule has 0 aliphatic carbocycles. The van der Waals surface area contributed by atoms with Gasteiger partial charge >= 0.3 is 0 Å². The van der Waals surface area contributed by atoms with Crippen LogP contribution in [0.25, 0.3) is 10.8 Å². The summed E-state index contributed by atoms with van der Waals surface area (Å²) in [7, 11) is 0. The quantitative estimate of drug-likeness (QED) is 0.736. The number of nitrogens with two attached hydrogens (primary N) is 1. The summed E-state index contributed by atoms with van der Waals surface area (Å²) in [6, 6.07) is 16.2. The molecule has 2 nitrogen and oxygen atoms in total. The summed E-state index contributed by atoms with van der Waals surface area (Å²) in [6.07, 6.45) is 1.69. The molecular formula is C16H15NO. The first-order chi connectivity index (χ1) is 8.77. The van der Waals surface area contributed by atoms with Crippen molar-refractivity contribution in [2.45, 2.75) is 13.0 Å². The molecular weight excluding hydrogens is 222 g/mol. The molecule has 18 heavy (non-hydrogen) atoms. The Kier molecular flexibility index (Phi) is 2.65. The van der Waals surface area contributed by atoms with E-state index < -0.39 is 0 Å². The smallest absolute Gasteiger partial charge is 0.127 e.